The summed E-state index contributed by atoms with van der Waals surface area (Å²) in [5.74, 6) is 0. The maximum absolute atomic E-state index is 13.8. The molecule has 1 aliphatic rings. The van der Waals surface area contributed by atoms with Gasteiger partial charge in [0.2, 0.25) is 0 Å². The summed E-state index contributed by atoms with van der Waals surface area (Å²) < 4.78 is 29.6. The number of hydrogen-bond acceptors (Lipinski definition) is 2. The van der Waals surface area contributed by atoms with E-state index in [0.29, 0.717) is 35.2 Å². The molecule has 1 aliphatic carbocycles. The molecule has 3 aromatic rings. The number of pyridine rings is 1. The molecule has 0 atom stereocenters. The number of aliphatic hydroxyl groups excluding tert-OH is 1. The standard InChI is InChI=1S/C21H19F2N3O/c1-11-4-19-15(7-18(11)24-3)17(10-26(19)13-5-14(27)6-13)16-9-25-8-12(2)20(16)21(22)23/h4,7-10,13-14,21,27H,5-6H2,1-2H3. The number of aryl methyl sites for hydroxylation is 2. The van der Waals surface area contributed by atoms with Crippen LogP contribution in [0.15, 0.2) is 30.7 Å². The summed E-state index contributed by atoms with van der Waals surface area (Å²) in [6, 6.07) is 3.83. The maximum Gasteiger partial charge on any atom is 0.264 e. The highest BCUT2D eigenvalue weighted by Gasteiger charge is 2.31. The zero-order chi connectivity index (χ0) is 19.3. The Morgan fingerprint density at radius 1 is 1.19 bits per heavy atom. The normalized spacial score (nSPS) is 19.3. The number of benzene rings is 1. The summed E-state index contributed by atoms with van der Waals surface area (Å²) in [6.45, 7) is 10.9. The first-order chi connectivity index (χ1) is 12.9. The third kappa shape index (κ3) is 2.79. The number of rotatable bonds is 3. The van der Waals surface area contributed by atoms with Crippen molar-refractivity contribution in [3.63, 3.8) is 0 Å². The van der Waals surface area contributed by atoms with E-state index in [2.05, 4.69) is 14.4 Å². The van der Waals surface area contributed by atoms with Crippen LogP contribution in [-0.4, -0.2) is 20.8 Å². The van der Waals surface area contributed by atoms with Crippen molar-refractivity contribution < 1.29 is 13.9 Å². The molecule has 0 spiro atoms. The van der Waals surface area contributed by atoms with Gasteiger partial charge in [-0.15, -0.1) is 0 Å². The SMILES string of the molecule is [C-]#[N+]c1cc2c(-c3cncc(C)c3C(F)F)cn(C3CC(O)C3)c2cc1C. The van der Waals surface area contributed by atoms with E-state index in [1.54, 1.807) is 13.0 Å². The highest BCUT2D eigenvalue weighted by molar-refractivity contribution is 5.99. The van der Waals surface area contributed by atoms with Crippen molar-refractivity contribution >= 4 is 16.6 Å². The Kier molecular flexibility index (Phi) is 4.20. The zero-order valence-corrected chi connectivity index (χ0v) is 15.1. The van der Waals surface area contributed by atoms with Crippen LogP contribution in [0, 0.1) is 20.4 Å². The molecule has 27 heavy (non-hydrogen) atoms. The molecule has 6 heteroatoms. The molecule has 2 heterocycles. The molecular formula is C21H19F2N3O. The van der Waals surface area contributed by atoms with Gasteiger partial charge in [-0.3, -0.25) is 4.98 Å². The van der Waals surface area contributed by atoms with Crippen LogP contribution in [0.5, 0.6) is 0 Å². The summed E-state index contributed by atoms with van der Waals surface area (Å²) in [4.78, 5) is 7.70. The summed E-state index contributed by atoms with van der Waals surface area (Å²) >= 11 is 0. The van der Waals surface area contributed by atoms with E-state index in [-0.39, 0.29) is 17.7 Å². The average Bonchev–Trinajstić information content (AvgIpc) is 2.95. The molecule has 138 valence electrons. The van der Waals surface area contributed by atoms with E-state index in [0.717, 1.165) is 16.5 Å². The van der Waals surface area contributed by atoms with E-state index in [4.69, 9.17) is 6.57 Å². The molecule has 1 fully saturated rings. The van der Waals surface area contributed by atoms with Crippen LogP contribution >= 0.6 is 0 Å². The first-order valence-corrected chi connectivity index (χ1v) is 8.84. The molecule has 1 aromatic carbocycles. The van der Waals surface area contributed by atoms with Gasteiger partial charge >= 0.3 is 0 Å². The zero-order valence-electron chi connectivity index (χ0n) is 15.1. The average molecular weight is 367 g/mol. The molecule has 4 nitrogen and oxygen atoms in total. The van der Waals surface area contributed by atoms with Gasteiger partial charge < -0.3 is 9.67 Å². The molecule has 0 radical (unpaired) electrons. The van der Waals surface area contributed by atoms with Crippen molar-refractivity contribution in [2.45, 2.75) is 45.3 Å². The Morgan fingerprint density at radius 2 is 1.93 bits per heavy atom. The van der Waals surface area contributed by atoms with Gasteiger partial charge in [0, 0.05) is 46.8 Å². The fourth-order valence-electron chi connectivity index (χ4n) is 3.89. The van der Waals surface area contributed by atoms with E-state index in [1.165, 1.54) is 12.4 Å². The molecular weight excluding hydrogens is 348 g/mol. The van der Waals surface area contributed by atoms with E-state index in [9.17, 15) is 13.9 Å². The first kappa shape index (κ1) is 17.6. The van der Waals surface area contributed by atoms with Crippen LogP contribution in [0.3, 0.4) is 0 Å². The van der Waals surface area contributed by atoms with Crippen molar-refractivity contribution in [2.24, 2.45) is 0 Å². The number of aromatic nitrogens is 2. The number of hydrogen-bond donors (Lipinski definition) is 1. The van der Waals surface area contributed by atoms with Gasteiger partial charge in [-0.1, -0.05) is 0 Å². The Balaban J connectivity index is 2.02. The number of alkyl halides is 2. The molecule has 0 bridgehead atoms. The maximum atomic E-state index is 13.8. The van der Waals surface area contributed by atoms with Crippen LogP contribution in [0.4, 0.5) is 14.5 Å². The molecule has 4 rings (SSSR count). The van der Waals surface area contributed by atoms with Gasteiger partial charge in [0.1, 0.15) is 0 Å². The summed E-state index contributed by atoms with van der Waals surface area (Å²) in [5.41, 5.74) is 3.72. The van der Waals surface area contributed by atoms with Gasteiger partial charge in [0.15, 0.2) is 5.69 Å². The molecule has 0 saturated heterocycles. The predicted octanol–water partition coefficient (Wildman–Crippen LogP) is 5.50. The molecule has 1 N–H and O–H groups in total. The van der Waals surface area contributed by atoms with Crippen LogP contribution in [-0.2, 0) is 0 Å². The van der Waals surface area contributed by atoms with Crippen LogP contribution in [0.25, 0.3) is 26.9 Å². The van der Waals surface area contributed by atoms with Crippen LogP contribution in [0.2, 0.25) is 0 Å². The lowest BCUT2D eigenvalue weighted by Gasteiger charge is -2.33. The lowest BCUT2D eigenvalue weighted by atomic mass is 9.89. The highest BCUT2D eigenvalue weighted by atomic mass is 19.3. The second-order valence-corrected chi connectivity index (χ2v) is 7.22. The molecule has 1 saturated carbocycles. The lowest BCUT2D eigenvalue weighted by molar-refractivity contribution is 0.0504. The lowest BCUT2D eigenvalue weighted by Crippen LogP contribution is -2.30. The third-order valence-electron chi connectivity index (χ3n) is 5.45. The Morgan fingerprint density at radius 3 is 2.56 bits per heavy atom. The van der Waals surface area contributed by atoms with Gasteiger partial charge in [-0.05, 0) is 55.3 Å². The smallest absolute Gasteiger partial charge is 0.264 e. The Labute approximate surface area is 155 Å². The van der Waals surface area contributed by atoms with E-state index >= 15 is 0 Å². The van der Waals surface area contributed by atoms with Crippen LogP contribution < -0.4 is 0 Å². The minimum absolute atomic E-state index is 0.0253. The van der Waals surface area contributed by atoms with E-state index in [1.807, 2.05) is 19.2 Å². The topological polar surface area (TPSA) is 42.4 Å². The third-order valence-corrected chi connectivity index (χ3v) is 5.45. The number of halogens is 2. The molecule has 0 unspecified atom stereocenters. The molecule has 2 aromatic heterocycles. The van der Waals surface area contributed by atoms with Gasteiger partial charge in [0.05, 0.1) is 12.7 Å². The first-order valence-electron chi connectivity index (χ1n) is 8.84. The summed E-state index contributed by atoms with van der Waals surface area (Å²) in [5, 5.41) is 10.5. The van der Waals surface area contributed by atoms with Crippen molar-refractivity contribution in [2.75, 3.05) is 0 Å². The second kappa shape index (κ2) is 6.43. The Bertz CT molecular complexity index is 1080. The minimum atomic E-state index is -2.61. The van der Waals surface area contributed by atoms with Crippen molar-refractivity contribution in [3.05, 3.63) is 58.8 Å². The molecule has 0 amide bonds. The van der Waals surface area contributed by atoms with Crippen molar-refractivity contribution in [3.8, 4) is 11.1 Å². The number of nitrogens with zero attached hydrogens (tertiary/aromatic N) is 3. The summed E-state index contributed by atoms with van der Waals surface area (Å²) in [7, 11) is 0. The second-order valence-electron chi connectivity index (χ2n) is 7.22. The fourth-order valence-corrected chi connectivity index (χ4v) is 3.89. The fraction of sp³-hybridized carbons (Fsp3) is 0.333. The van der Waals surface area contributed by atoms with Crippen molar-refractivity contribution in [1.82, 2.24) is 9.55 Å². The molecule has 0 aliphatic heterocycles. The van der Waals surface area contributed by atoms with Gasteiger partial charge in [0.25, 0.3) is 6.43 Å². The largest absolute Gasteiger partial charge is 0.393 e. The van der Waals surface area contributed by atoms with Gasteiger partial charge in [-0.2, -0.15) is 0 Å². The van der Waals surface area contributed by atoms with Gasteiger partial charge in [-0.25, -0.2) is 13.6 Å². The summed E-state index contributed by atoms with van der Waals surface area (Å²) in [6.07, 6.45) is 3.13. The monoisotopic (exact) mass is 367 g/mol. The van der Waals surface area contributed by atoms with Crippen molar-refractivity contribution in [1.29, 1.82) is 0 Å². The Hall–Kier alpha value is -2.78. The quantitative estimate of drug-likeness (QED) is 0.621. The number of aliphatic hydroxyl groups is 1. The number of fused-ring (bicyclic) bond motifs is 1. The highest BCUT2D eigenvalue weighted by Crippen LogP contribution is 2.43. The predicted molar refractivity (Wildman–Crippen MR) is 100 cm³/mol. The van der Waals surface area contributed by atoms with E-state index < -0.39 is 6.43 Å². The van der Waals surface area contributed by atoms with Crippen LogP contribution in [0.1, 0.15) is 42.0 Å². The minimum Gasteiger partial charge on any atom is -0.393 e.